The van der Waals surface area contributed by atoms with Crippen molar-refractivity contribution in [2.75, 3.05) is 0 Å². The minimum Gasteiger partial charge on any atom is -0.478 e. The van der Waals surface area contributed by atoms with Crippen molar-refractivity contribution in [2.45, 2.75) is 26.3 Å². The van der Waals surface area contributed by atoms with Gasteiger partial charge in [0.1, 0.15) is 0 Å². The third-order valence-electron chi connectivity index (χ3n) is 3.39. The Kier molecular flexibility index (Phi) is 3.42. The molecule has 1 fully saturated rings. The summed E-state index contributed by atoms with van der Waals surface area (Å²) in [5, 5.41) is 11.5. The second-order valence-corrected chi connectivity index (χ2v) is 5.52. The summed E-state index contributed by atoms with van der Waals surface area (Å²) in [6.45, 7) is 4.23. The summed E-state index contributed by atoms with van der Waals surface area (Å²) in [5.41, 5.74) is 1.44. The van der Waals surface area contributed by atoms with Gasteiger partial charge in [-0.05, 0) is 35.6 Å². The molecular formula is C15H17NO3. The number of amides is 1. The molecule has 1 amide bonds. The highest BCUT2D eigenvalue weighted by Crippen LogP contribution is 2.44. The average Bonchev–Trinajstić information content (AvgIpc) is 2.94. The van der Waals surface area contributed by atoms with Crippen LogP contribution in [0.15, 0.2) is 30.3 Å². The van der Waals surface area contributed by atoms with Gasteiger partial charge in [-0.15, -0.1) is 0 Å². The van der Waals surface area contributed by atoms with Gasteiger partial charge in [-0.1, -0.05) is 26.0 Å². The molecule has 19 heavy (non-hydrogen) atoms. The molecule has 4 heteroatoms. The summed E-state index contributed by atoms with van der Waals surface area (Å²) in [4.78, 5) is 22.5. The van der Waals surface area contributed by atoms with Gasteiger partial charge >= 0.3 is 5.97 Å². The van der Waals surface area contributed by atoms with Crippen LogP contribution in [-0.2, 0) is 4.79 Å². The van der Waals surface area contributed by atoms with E-state index in [0.29, 0.717) is 11.1 Å². The monoisotopic (exact) mass is 259 g/mol. The zero-order valence-corrected chi connectivity index (χ0v) is 11.0. The average molecular weight is 259 g/mol. The van der Waals surface area contributed by atoms with Gasteiger partial charge in [0.25, 0.3) is 5.91 Å². The highest BCUT2D eigenvalue weighted by Gasteiger charge is 2.46. The highest BCUT2D eigenvalue weighted by atomic mass is 16.4. The molecule has 0 aromatic heterocycles. The maximum absolute atomic E-state index is 12.0. The van der Waals surface area contributed by atoms with Crippen molar-refractivity contribution in [1.29, 1.82) is 0 Å². The van der Waals surface area contributed by atoms with E-state index in [0.717, 1.165) is 12.5 Å². The molecule has 0 heterocycles. The highest BCUT2D eigenvalue weighted by molar-refractivity contribution is 5.95. The van der Waals surface area contributed by atoms with Crippen LogP contribution in [0.4, 0.5) is 0 Å². The second-order valence-electron chi connectivity index (χ2n) is 5.52. The van der Waals surface area contributed by atoms with Gasteiger partial charge in [-0.25, -0.2) is 4.79 Å². The number of carbonyl (C=O) groups is 2. The van der Waals surface area contributed by atoms with E-state index in [9.17, 15) is 9.59 Å². The van der Waals surface area contributed by atoms with Crippen LogP contribution in [0.1, 0.15) is 36.2 Å². The quantitative estimate of drug-likeness (QED) is 0.815. The minimum absolute atomic E-state index is 0.110. The standard InChI is InChI=1S/C15H17NO3/c1-15(2)9-12(15)16-14(19)11-5-3-4-10(8-11)6-7-13(17)18/h3-8,12H,9H2,1-2H3,(H,16,19)(H,17,18). The van der Waals surface area contributed by atoms with Crippen molar-refractivity contribution in [3.8, 4) is 0 Å². The molecule has 2 rings (SSSR count). The molecule has 1 aliphatic rings. The number of carbonyl (C=O) groups excluding carboxylic acids is 1. The fourth-order valence-corrected chi connectivity index (χ4v) is 1.91. The largest absolute Gasteiger partial charge is 0.478 e. The van der Waals surface area contributed by atoms with Gasteiger partial charge < -0.3 is 10.4 Å². The van der Waals surface area contributed by atoms with E-state index < -0.39 is 5.97 Å². The van der Waals surface area contributed by atoms with Gasteiger partial charge in [0.15, 0.2) is 0 Å². The molecule has 1 saturated carbocycles. The van der Waals surface area contributed by atoms with E-state index in [-0.39, 0.29) is 17.4 Å². The number of carboxylic acid groups (broad SMARTS) is 1. The summed E-state index contributed by atoms with van der Waals surface area (Å²) in [5.74, 6) is -1.12. The number of benzene rings is 1. The summed E-state index contributed by atoms with van der Waals surface area (Å²) in [7, 11) is 0. The Labute approximate surface area is 112 Å². The van der Waals surface area contributed by atoms with Crippen molar-refractivity contribution in [3.63, 3.8) is 0 Å². The lowest BCUT2D eigenvalue weighted by Crippen LogP contribution is -2.28. The molecule has 100 valence electrons. The van der Waals surface area contributed by atoms with E-state index in [1.807, 2.05) is 0 Å². The molecule has 1 aliphatic carbocycles. The van der Waals surface area contributed by atoms with Crippen molar-refractivity contribution in [2.24, 2.45) is 5.41 Å². The topological polar surface area (TPSA) is 66.4 Å². The zero-order valence-electron chi connectivity index (χ0n) is 11.0. The van der Waals surface area contributed by atoms with E-state index in [1.165, 1.54) is 6.08 Å². The predicted octanol–water partition coefficient (Wildman–Crippen LogP) is 2.31. The first kappa shape index (κ1) is 13.3. The third-order valence-corrected chi connectivity index (χ3v) is 3.39. The molecule has 1 unspecified atom stereocenters. The maximum atomic E-state index is 12.0. The van der Waals surface area contributed by atoms with E-state index in [2.05, 4.69) is 19.2 Å². The predicted molar refractivity (Wildman–Crippen MR) is 72.8 cm³/mol. The number of rotatable bonds is 4. The van der Waals surface area contributed by atoms with Gasteiger partial charge in [0.2, 0.25) is 0 Å². The molecule has 2 N–H and O–H groups in total. The molecule has 4 nitrogen and oxygen atoms in total. The molecule has 0 radical (unpaired) electrons. The van der Waals surface area contributed by atoms with Crippen LogP contribution in [0, 0.1) is 5.41 Å². The molecule has 1 aromatic rings. The first-order valence-electron chi connectivity index (χ1n) is 6.20. The number of hydrogen-bond donors (Lipinski definition) is 2. The normalized spacial score (nSPS) is 20.2. The Bertz CT molecular complexity index is 546. The molecule has 1 aromatic carbocycles. The summed E-state index contributed by atoms with van der Waals surface area (Å²) in [6, 6.07) is 7.15. The first-order chi connectivity index (χ1) is 8.88. The minimum atomic E-state index is -1.01. The van der Waals surface area contributed by atoms with Crippen LogP contribution in [0.25, 0.3) is 6.08 Å². The number of aliphatic carboxylic acids is 1. The summed E-state index contributed by atoms with van der Waals surface area (Å²) < 4.78 is 0. The fraction of sp³-hybridized carbons (Fsp3) is 0.333. The van der Waals surface area contributed by atoms with Gasteiger partial charge in [-0.2, -0.15) is 0 Å². The molecule has 0 bridgehead atoms. The van der Waals surface area contributed by atoms with Crippen LogP contribution in [-0.4, -0.2) is 23.0 Å². The Balaban J connectivity index is 2.06. The van der Waals surface area contributed by atoms with Crippen molar-refractivity contribution >= 4 is 18.0 Å². The summed E-state index contributed by atoms with van der Waals surface area (Å²) >= 11 is 0. The van der Waals surface area contributed by atoms with Crippen molar-refractivity contribution in [1.82, 2.24) is 5.32 Å². The van der Waals surface area contributed by atoms with Crippen LogP contribution < -0.4 is 5.32 Å². The van der Waals surface area contributed by atoms with E-state index in [1.54, 1.807) is 24.3 Å². The van der Waals surface area contributed by atoms with Gasteiger partial charge in [0, 0.05) is 17.7 Å². The Morgan fingerprint density at radius 1 is 1.42 bits per heavy atom. The van der Waals surface area contributed by atoms with Gasteiger partial charge in [-0.3, -0.25) is 4.79 Å². The first-order valence-corrected chi connectivity index (χ1v) is 6.20. The van der Waals surface area contributed by atoms with Crippen LogP contribution in [0.5, 0.6) is 0 Å². The number of nitrogens with one attached hydrogen (secondary N) is 1. The Hall–Kier alpha value is -2.10. The van der Waals surface area contributed by atoms with Crippen LogP contribution in [0.3, 0.4) is 0 Å². The van der Waals surface area contributed by atoms with Crippen LogP contribution in [0.2, 0.25) is 0 Å². The lowest BCUT2D eigenvalue weighted by atomic mass is 10.1. The summed E-state index contributed by atoms with van der Waals surface area (Å²) in [6.07, 6.45) is 3.53. The Morgan fingerprint density at radius 3 is 2.68 bits per heavy atom. The van der Waals surface area contributed by atoms with E-state index >= 15 is 0 Å². The SMILES string of the molecule is CC1(C)CC1NC(=O)c1cccc(C=CC(=O)O)c1. The van der Waals surface area contributed by atoms with Crippen molar-refractivity contribution in [3.05, 3.63) is 41.5 Å². The van der Waals surface area contributed by atoms with E-state index in [4.69, 9.17) is 5.11 Å². The van der Waals surface area contributed by atoms with Crippen LogP contribution >= 0.6 is 0 Å². The zero-order chi connectivity index (χ0) is 14.0. The van der Waals surface area contributed by atoms with Crippen molar-refractivity contribution < 1.29 is 14.7 Å². The third kappa shape index (κ3) is 3.44. The lowest BCUT2D eigenvalue weighted by Gasteiger charge is -2.07. The molecule has 1 atom stereocenters. The van der Waals surface area contributed by atoms with Gasteiger partial charge in [0.05, 0.1) is 0 Å². The molecule has 0 aliphatic heterocycles. The molecular weight excluding hydrogens is 242 g/mol. The smallest absolute Gasteiger partial charge is 0.328 e. The number of carboxylic acids is 1. The molecule has 0 spiro atoms. The number of hydrogen-bond acceptors (Lipinski definition) is 2. The fourth-order valence-electron chi connectivity index (χ4n) is 1.91. The second kappa shape index (κ2) is 4.88. The Morgan fingerprint density at radius 2 is 2.11 bits per heavy atom. The lowest BCUT2D eigenvalue weighted by molar-refractivity contribution is -0.131. The maximum Gasteiger partial charge on any atom is 0.328 e. The molecule has 0 saturated heterocycles.